The van der Waals surface area contributed by atoms with E-state index >= 15 is 0 Å². The third-order valence-corrected chi connectivity index (χ3v) is 1.96. The Hall–Kier alpha value is -0.730. The van der Waals surface area contributed by atoms with Gasteiger partial charge >= 0.3 is 6.16 Å². The molecular weight excluding hydrogens is 192 g/mol. The van der Waals surface area contributed by atoms with E-state index in [-0.39, 0.29) is 11.5 Å². The SMILES string of the molecule is CCC(OC(=O)OC(C)(C)C)C(C)(C)C. The van der Waals surface area contributed by atoms with Crippen LogP contribution in [0.3, 0.4) is 0 Å². The van der Waals surface area contributed by atoms with Crippen LogP contribution in [0.1, 0.15) is 54.9 Å². The van der Waals surface area contributed by atoms with Crippen LogP contribution in [0, 0.1) is 5.41 Å². The van der Waals surface area contributed by atoms with E-state index in [1.807, 2.05) is 48.5 Å². The van der Waals surface area contributed by atoms with Crippen LogP contribution in [0.5, 0.6) is 0 Å². The zero-order valence-electron chi connectivity index (χ0n) is 11.0. The maximum atomic E-state index is 11.4. The van der Waals surface area contributed by atoms with E-state index in [4.69, 9.17) is 9.47 Å². The van der Waals surface area contributed by atoms with Crippen molar-refractivity contribution in [3.05, 3.63) is 0 Å². The number of hydrogen-bond donors (Lipinski definition) is 0. The molecular formula is C12H24O3. The van der Waals surface area contributed by atoms with Crippen LogP contribution in [0.2, 0.25) is 0 Å². The van der Waals surface area contributed by atoms with E-state index in [1.165, 1.54) is 0 Å². The molecule has 0 N–H and O–H groups in total. The Kier molecular flexibility index (Phi) is 4.63. The highest BCUT2D eigenvalue weighted by Crippen LogP contribution is 2.25. The fraction of sp³-hybridized carbons (Fsp3) is 0.917. The van der Waals surface area contributed by atoms with Gasteiger partial charge in [0.2, 0.25) is 0 Å². The van der Waals surface area contributed by atoms with Gasteiger partial charge in [-0.05, 0) is 32.6 Å². The molecule has 0 heterocycles. The molecule has 3 nitrogen and oxygen atoms in total. The molecule has 1 unspecified atom stereocenters. The Morgan fingerprint density at radius 3 is 1.87 bits per heavy atom. The molecule has 0 aromatic rings. The lowest BCUT2D eigenvalue weighted by Gasteiger charge is -2.30. The van der Waals surface area contributed by atoms with E-state index in [0.29, 0.717) is 0 Å². The van der Waals surface area contributed by atoms with Gasteiger partial charge in [0, 0.05) is 0 Å². The van der Waals surface area contributed by atoms with Crippen LogP contribution in [0.4, 0.5) is 4.79 Å². The predicted octanol–water partition coefficient (Wildman–Crippen LogP) is 3.76. The minimum absolute atomic E-state index is 0.0499. The Labute approximate surface area is 93.1 Å². The molecule has 0 spiro atoms. The van der Waals surface area contributed by atoms with Gasteiger partial charge in [0.05, 0.1) is 0 Å². The lowest BCUT2D eigenvalue weighted by molar-refractivity contribution is -0.0524. The van der Waals surface area contributed by atoms with Gasteiger partial charge in [-0.15, -0.1) is 0 Å². The molecule has 0 rings (SSSR count). The Morgan fingerprint density at radius 1 is 1.13 bits per heavy atom. The van der Waals surface area contributed by atoms with Gasteiger partial charge in [-0.25, -0.2) is 4.79 Å². The monoisotopic (exact) mass is 216 g/mol. The van der Waals surface area contributed by atoms with Gasteiger partial charge in [0.25, 0.3) is 0 Å². The molecule has 0 aliphatic rings. The second-order valence-corrected chi connectivity index (χ2v) is 5.85. The zero-order valence-corrected chi connectivity index (χ0v) is 11.0. The molecule has 0 amide bonds. The van der Waals surface area contributed by atoms with Crippen LogP contribution < -0.4 is 0 Å². The number of carbonyl (C=O) groups excluding carboxylic acids is 1. The minimum atomic E-state index is -0.579. The lowest BCUT2D eigenvalue weighted by Crippen LogP contribution is -2.34. The first-order valence-electron chi connectivity index (χ1n) is 5.46. The molecule has 0 bridgehead atoms. The molecule has 0 aliphatic heterocycles. The average molecular weight is 216 g/mol. The highest BCUT2D eigenvalue weighted by Gasteiger charge is 2.28. The summed E-state index contributed by atoms with van der Waals surface area (Å²) in [4.78, 5) is 11.4. The largest absolute Gasteiger partial charge is 0.509 e. The van der Waals surface area contributed by atoms with Gasteiger partial charge in [-0.1, -0.05) is 27.7 Å². The van der Waals surface area contributed by atoms with Crippen molar-refractivity contribution in [1.82, 2.24) is 0 Å². The van der Waals surface area contributed by atoms with Crippen LogP contribution in [0.25, 0.3) is 0 Å². The maximum absolute atomic E-state index is 11.4. The second-order valence-electron chi connectivity index (χ2n) is 5.85. The lowest BCUT2D eigenvalue weighted by atomic mass is 9.87. The van der Waals surface area contributed by atoms with E-state index in [2.05, 4.69) is 0 Å². The summed E-state index contributed by atoms with van der Waals surface area (Å²) < 4.78 is 10.4. The number of hydrogen-bond acceptors (Lipinski definition) is 3. The van der Waals surface area contributed by atoms with Crippen molar-refractivity contribution < 1.29 is 14.3 Å². The first-order chi connectivity index (χ1) is 6.56. The summed E-state index contributed by atoms with van der Waals surface area (Å²) in [6.07, 6.45) is 0.111. The molecule has 0 aromatic carbocycles. The molecule has 15 heavy (non-hydrogen) atoms. The van der Waals surface area contributed by atoms with Crippen molar-refractivity contribution in [2.24, 2.45) is 5.41 Å². The third kappa shape index (κ3) is 6.37. The summed E-state index contributed by atoms with van der Waals surface area (Å²) in [7, 11) is 0. The Morgan fingerprint density at radius 2 is 1.60 bits per heavy atom. The quantitative estimate of drug-likeness (QED) is 0.659. The summed E-state index contributed by atoms with van der Waals surface area (Å²) in [6.45, 7) is 13.6. The normalized spacial score (nSPS) is 14.6. The van der Waals surface area contributed by atoms with Crippen molar-refractivity contribution >= 4 is 6.16 Å². The molecule has 0 saturated heterocycles. The standard InChI is InChI=1S/C12H24O3/c1-8-9(11(2,3)4)14-10(13)15-12(5,6)7/h9H,8H2,1-7H3. The fourth-order valence-corrected chi connectivity index (χ4v) is 1.26. The third-order valence-electron chi connectivity index (χ3n) is 1.96. The molecule has 0 radical (unpaired) electrons. The average Bonchev–Trinajstić information content (AvgIpc) is 1.94. The molecule has 0 fully saturated rings. The van der Waals surface area contributed by atoms with Gasteiger partial charge in [-0.2, -0.15) is 0 Å². The van der Waals surface area contributed by atoms with Crippen molar-refractivity contribution in [3.63, 3.8) is 0 Å². The summed E-state index contributed by atoms with van der Waals surface area (Å²) in [5.41, 5.74) is -0.543. The van der Waals surface area contributed by atoms with E-state index in [0.717, 1.165) is 6.42 Å². The maximum Gasteiger partial charge on any atom is 0.509 e. The van der Waals surface area contributed by atoms with Gasteiger partial charge in [0.15, 0.2) is 0 Å². The van der Waals surface area contributed by atoms with E-state index in [9.17, 15) is 4.79 Å². The van der Waals surface area contributed by atoms with Crippen LogP contribution in [0.15, 0.2) is 0 Å². The van der Waals surface area contributed by atoms with Crippen LogP contribution in [-0.2, 0) is 9.47 Å². The molecule has 3 heteroatoms. The van der Waals surface area contributed by atoms with Crippen molar-refractivity contribution in [2.45, 2.75) is 66.6 Å². The first-order valence-corrected chi connectivity index (χ1v) is 5.46. The summed E-state index contributed by atoms with van der Waals surface area (Å²) >= 11 is 0. The second kappa shape index (κ2) is 4.86. The summed E-state index contributed by atoms with van der Waals surface area (Å²) in [5.74, 6) is 0. The van der Waals surface area contributed by atoms with E-state index < -0.39 is 11.8 Å². The highest BCUT2D eigenvalue weighted by atomic mass is 16.7. The number of carbonyl (C=O) groups is 1. The van der Waals surface area contributed by atoms with Crippen molar-refractivity contribution in [3.8, 4) is 0 Å². The summed E-state index contributed by atoms with van der Waals surface area (Å²) in [5, 5.41) is 0. The van der Waals surface area contributed by atoms with Crippen LogP contribution in [-0.4, -0.2) is 17.9 Å². The topological polar surface area (TPSA) is 35.5 Å². The molecule has 1 atom stereocenters. The van der Waals surface area contributed by atoms with Gasteiger partial charge in [0.1, 0.15) is 11.7 Å². The van der Waals surface area contributed by atoms with Gasteiger partial charge < -0.3 is 9.47 Å². The van der Waals surface area contributed by atoms with E-state index in [1.54, 1.807) is 0 Å². The van der Waals surface area contributed by atoms with Crippen molar-refractivity contribution in [1.29, 1.82) is 0 Å². The molecule has 0 saturated carbocycles. The highest BCUT2D eigenvalue weighted by molar-refractivity contribution is 5.60. The smallest absolute Gasteiger partial charge is 0.430 e. The predicted molar refractivity (Wildman–Crippen MR) is 60.9 cm³/mol. The van der Waals surface area contributed by atoms with Gasteiger partial charge in [-0.3, -0.25) is 0 Å². The molecule has 0 aromatic heterocycles. The zero-order chi connectivity index (χ0) is 12.3. The molecule has 90 valence electrons. The number of rotatable bonds is 2. The number of ether oxygens (including phenoxy) is 2. The van der Waals surface area contributed by atoms with Crippen molar-refractivity contribution in [2.75, 3.05) is 0 Å². The van der Waals surface area contributed by atoms with Crippen LogP contribution >= 0.6 is 0 Å². The Balaban J connectivity index is 4.27. The first kappa shape index (κ1) is 14.3. The molecule has 0 aliphatic carbocycles. The Bertz CT molecular complexity index is 208. The summed E-state index contributed by atoms with van der Waals surface area (Å²) in [6, 6.07) is 0. The minimum Gasteiger partial charge on any atom is -0.430 e. The fourth-order valence-electron chi connectivity index (χ4n) is 1.26.